The van der Waals surface area contributed by atoms with Gasteiger partial charge in [-0.05, 0) is 25.0 Å². The molecule has 0 spiro atoms. The van der Waals surface area contributed by atoms with Gasteiger partial charge in [0, 0.05) is 13.0 Å². The molecule has 1 aliphatic rings. The number of hydrogen-bond acceptors (Lipinski definition) is 8. The van der Waals surface area contributed by atoms with Crippen LogP contribution in [0.2, 0.25) is 10.0 Å². The largest absolute Gasteiger partial charge is 0.324 e. The topological polar surface area (TPSA) is 115 Å². The van der Waals surface area contributed by atoms with E-state index < -0.39 is 0 Å². The van der Waals surface area contributed by atoms with E-state index in [-0.39, 0.29) is 29.0 Å². The molecule has 162 valence electrons. The predicted molar refractivity (Wildman–Crippen MR) is 121 cm³/mol. The molecular formula is C18H17Cl2N7O2S2. The quantitative estimate of drug-likeness (QED) is 0.455. The van der Waals surface area contributed by atoms with Gasteiger partial charge in [-0.3, -0.25) is 14.9 Å². The molecule has 9 nitrogen and oxygen atoms in total. The first-order valence-electron chi connectivity index (χ1n) is 9.29. The fourth-order valence-corrected chi connectivity index (χ4v) is 4.64. The second-order valence-electron chi connectivity index (χ2n) is 6.84. The van der Waals surface area contributed by atoms with Gasteiger partial charge in [-0.1, -0.05) is 52.4 Å². The summed E-state index contributed by atoms with van der Waals surface area (Å²) in [6, 6.07) is 4.99. The van der Waals surface area contributed by atoms with Crippen LogP contribution in [0.3, 0.4) is 0 Å². The van der Waals surface area contributed by atoms with Gasteiger partial charge in [0.2, 0.25) is 16.9 Å². The monoisotopic (exact) mass is 497 g/mol. The van der Waals surface area contributed by atoms with Gasteiger partial charge in [0.15, 0.2) is 5.16 Å². The maximum atomic E-state index is 12.4. The van der Waals surface area contributed by atoms with Gasteiger partial charge in [0.05, 0.1) is 27.9 Å². The lowest BCUT2D eigenvalue weighted by atomic mass is 10.3. The number of amides is 2. The molecular weight excluding hydrogens is 481 g/mol. The van der Waals surface area contributed by atoms with E-state index in [1.54, 1.807) is 29.8 Å². The van der Waals surface area contributed by atoms with E-state index in [0.29, 0.717) is 32.7 Å². The zero-order valence-corrected chi connectivity index (χ0v) is 19.4. The minimum atomic E-state index is -0.309. The number of hydrogen-bond donors (Lipinski definition) is 2. The summed E-state index contributed by atoms with van der Waals surface area (Å²) in [5, 5.41) is 24.3. The normalized spacial score (nSPS) is 13.3. The van der Waals surface area contributed by atoms with Gasteiger partial charge in [-0.25, -0.2) is 0 Å². The van der Waals surface area contributed by atoms with Crippen molar-refractivity contribution in [1.82, 2.24) is 25.0 Å². The fraction of sp³-hybridized carbons (Fsp3) is 0.333. The Labute approximate surface area is 195 Å². The standard InChI is InChI=1S/C18H17Cl2N7O2S2/c1-27-12(7-13(28)21-11-4-2-3-10(19)15(11)20)23-26-18(27)30-8-14(29)22-17-25-24-16(31-17)9-5-6-9/h2-4,9H,5-8H2,1H3,(H,21,28)(H,22,25,29). The number of carbonyl (C=O) groups is 2. The Kier molecular flexibility index (Phi) is 6.75. The molecule has 1 aliphatic carbocycles. The van der Waals surface area contributed by atoms with Gasteiger partial charge in [-0.2, -0.15) is 0 Å². The molecule has 1 fully saturated rings. The van der Waals surface area contributed by atoms with Crippen molar-refractivity contribution < 1.29 is 9.59 Å². The number of thioether (sulfide) groups is 1. The Morgan fingerprint density at radius 2 is 1.97 bits per heavy atom. The number of aromatic nitrogens is 5. The van der Waals surface area contributed by atoms with Crippen molar-refractivity contribution in [1.29, 1.82) is 0 Å². The SMILES string of the molecule is Cn1c(CC(=O)Nc2cccc(Cl)c2Cl)nnc1SCC(=O)Nc1nnc(C2CC2)s1. The lowest BCUT2D eigenvalue weighted by Crippen LogP contribution is -2.17. The highest BCUT2D eigenvalue weighted by molar-refractivity contribution is 7.99. The van der Waals surface area contributed by atoms with Crippen molar-refractivity contribution in [3.05, 3.63) is 39.1 Å². The molecule has 1 saturated carbocycles. The second-order valence-corrected chi connectivity index (χ2v) is 9.58. The fourth-order valence-electron chi connectivity index (χ4n) is 2.63. The Morgan fingerprint density at radius 3 is 2.74 bits per heavy atom. The molecule has 0 atom stereocenters. The third kappa shape index (κ3) is 5.53. The molecule has 0 aliphatic heterocycles. The minimum Gasteiger partial charge on any atom is -0.324 e. The number of halogens is 2. The average Bonchev–Trinajstić information content (AvgIpc) is 3.39. The van der Waals surface area contributed by atoms with E-state index in [0.717, 1.165) is 17.8 Å². The molecule has 0 unspecified atom stereocenters. The maximum absolute atomic E-state index is 12.4. The first-order valence-corrected chi connectivity index (χ1v) is 11.8. The van der Waals surface area contributed by atoms with Gasteiger partial charge >= 0.3 is 0 Å². The van der Waals surface area contributed by atoms with Gasteiger partial charge in [0.25, 0.3) is 0 Å². The van der Waals surface area contributed by atoms with Crippen molar-refractivity contribution in [3.8, 4) is 0 Å². The van der Waals surface area contributed by atoms with E-state index in [2.05, 4.69) is 31.0 Å². The highest BCUT2D eigenvalue weighted by Crippen LogP contribution is 2.42. The summed E-state index contributed by atoms with van der Waals surface area (Å²) in [7, 11) is 1.74. The minimum absolute atomic E-state index is 0.00612. The summed E-state index contributed by atoms with van der Waals surface area (Å²) in [6.45, 7) is 0. The molecule has 0 radical (unpaired) electrons. The molecule has 4 rings (SSSR count). The van der Waals surface area contributed by atoms with Crippen LogP contribution in [0, 0.1) is 0 Å². The zero-order chi connectivity index (χ0) is 22.0. The van der Waals surface area contributed by atoms with Crippen molar-refractivity contribution in [2.24, 2.45) is 7.05 Å². The van der Waals surface area contributed by atoms with E-state index in [9.17, 15) is 9.59 Å². The second kappa shape index (κ2) is 9.51. The maximum Gasteiger partial charge on any atom is 0.236 e. The van der Waals surface area contributed by atoms with Crippen LogP contribution in [0.5, 0.6) is 0 Å². The van der Waals surface area contributed by atoms with E-state index in [1.807, 2.05) is 0 Å². The molecule has 31 heavy (non-hydrogen) atoms. The lowest BCUT2D eigenvalue weighted by molar-refractivity contribution is -0.116. The number of nitrogens with zero attached hydrogens (tertiary/aromatic N) is 5. The highest BCUT2D eigenvalue weighted by atomic mass is 35.5. The van der Waals surface area contributed by atoms with Crippen LogP contribution >= 0.6 is 46.3 Å². The Morgan fingerprint density at radius 1 is 1.16 bits per heavy atom. The highest BCUT2D eigenvalue weighted by Gasteiger charge is 2.27. The van der Waals surface area contributed by atoms with E-state index in [4.69, 9.17) is 23.2 Å². The smallest absolute Gasteiger partial charge is 0.236 e. The third-order valence-corrected chi connectivity index (χ3v) is 7.26. The predicted octanol–water partition coefficient (Wildman–Crippen LogP) is 3.76. The van der Waals surface area contributed by atoms with Crippen molar-refractivity contribution in [3.63, 3.8) is 0 Å². The summed E-state index contributed by atoms with van der Waals surface area (Å²) < 4.78 is 1.67. The van der Waals surface area contributed by atoms with Crippen molar-refractivity contribution in [2.45, 2.75) is 30.3 Å². The van der Waals surface area contributed by atoms with Crippen LogP contribution in [-0.4, -0.2) is 42.5 Å². The molecule has 3 aromatic rings. The molecule has 13 heteroatoms. The van der Waals surface area contributed by atoms with Crippen LogP contribution < -0.4 is 10.6 Å². The molecule has 0 saturated heterocycles. The lowest BCUT2D eigenvalue weighted by Gasteiger charge is -2.08. The van der Waals surface area contributed by atoms with Crippen LogP contribution in [0.15, 0.2) is 23.4 Å². The Hall–Kier alpha value is -2.21. The number of rotatable bonds is 8. The van der Waals surface area contributed by atoms with Gasteiger partial charge in [0.1, 0.15) is 10.8 Å². The molecule has 2 aromatic heterocycles. The molecule has 2 N–H and O–H groups in total. The number of carbonyl (C=O) groups excluding carboxylic acids is 2. The summed E-state index contributed by atoms with van der Waals surface area (Å²) in [6.07, 6.45) is 2.27. The van der Waals surface area contributed by atoms with Crippen molar-refractivity contribution >= 4 is 68.9 Å². The van der Waals surface area contributed by atoms with E-state index >= 15 is 0 Å². The number of benzene rings is 1. The number of anilines is 2. The molecule has 2 amide bonds. The Balaban J connectivity index is 1.29. The summed E-state index contributed by atoms with van der Waals surface area (Å²) in [4.78, 5) is 24.6. The first-order chi connectivity index (χ1) is 14.9. The summed E-state index contributed by atoms with van der Waals surface area (Å²) in [5.74, 6) is 0.575. The van der Waals surface area contributed by atoms with Gasteiger partial charge < -0.3 is 9.88 Å². The summed E-state index contributed by atoms with van der Waals surface area (Å²) >= 11 is 14.7. The zero-order valence-electron chi connectivity index (χ0n) is 16.3. The molecule has 0 bridgehead atoms. The Bertz CT molecular complexity index is 1130. The third-order valence-electron chi connectivity index (χ3n) is 4.42. The van der Waals surface area contributed by atoms with Crippen LogP contribution in [0.25, 0.3) is 0 Å². The average molecular weight is 498 g/mol. The van der Waals surface area contributed by atoms with E-state index in [1.165, 1.54) is 23.1 Å². The van der Waals surface area contributed by atoms with Crippen molar-refractivity contribution in [2.75, 3.05) is 16.4 Å². The van der Waals surface area contributed by atoms with Gasteiger partial charge in [-0.15, -0.1) is 20.4 Å². The van der Waals surface area contributed by atoms with Crippen LogP contribution in [-0.2, 0) is 23.1 Å². The summed E-state index contributed by atoms with van der Waals surface area (Å²) in [5.41, 5.74) is 0.425. The first kappa shape index (κ1) is 22.0. The van der Waals surface area contributed by atoms with Crippen LogP contribution in [0.1, 0.15) is 29.6 Å². The molecule has 2 heterocycles. The molecule has 1 aromatic carbocycles. The number of nitrogens with one attached hydrogen (secondary N) is 2. The van der Waals surface area contributed by atoms with Crippen LogP contribution in [0.4, 0.5) is 10.8 Å².